The van der Waals surface area contributed by atoms with Crippen molar-refractivity contribution >= 4 is 46.6 Å². The van der Waals surface area contributed by atoms with Crippen LogP contribution >= 0.6 is 34.8 Å². The van der Waals surface area contributed by atoms with E-state index < -0.39 is 5.97 Å². The SMILES string of the molecule is CC1=NC(c2ccc(Cl)nc2)C(c2ccc(Cl)c(Cl)c2)N1/C(=C(\C)C(=O)O)C(C)C. The number of nitrogens with zero attached hydrogens (tertiary/aromatic N) is 3. The Morgan fingerprint density at radius 3 is 2.30 bits per heavy atom. The second kappa shape index (κ2) is 8.96. The predicted molar refractivity (Wildman–Crippen MR) is 121 cm³/mol. The van der Waals surface area contributed by atoms with Gasteiger partial charge >= 0.3 is 5.97 Å². The van der Waals surface area contributed by atoms with Crippen molar-refractivity contribution in [1.29, 1.82) is 0 Å². The van der Waals surface area contributed by atoms with Crippen LogP contribution in [0.1, 0.15) is 50.9 Å². The molecular formula is C22H22Cl3N3O2. The van der Waals surface area contributed by atoms with Crippen LogP contribution in [-0.4, -0.2) is 26.8 Å². The Morgan fingerprint density at radius 2 is 1.77 bits per heavy atom. The number of pyridine rings is 1. The van der Waals surface area contributed by atoms with E-state index in [2.05, 4.69) is 4.98 Å². The van der Waals surface area contributed by atoms with Gasteiger partial charge in [0.15, 0.2) is 0 Å². The Bertz CT molecular complexity index is 1030. The summed E-state index contributed by atoms with van der Waals surface area (Å²) in [6, 6.07) is 8.41. The monoisotopic (exact) mass is 465 g/mol. The van der Waals surface area contributed by atoms with Gasteiger partial charge in [-0.1, -0.05) is 60.8 Å². The molecule has 0 spiro atoms. The second-order valence-electron chi connectivity index (χ2n) is 7.49. The van der Waals surface area contributed by atoms with Crippen LogP contribution in [0.2, 0.25) is 15.2 Å². The molecule has 2 atom stereocenters. The van der Waals surface area contributed by atoms with E-state index in [-0.39, 0.29) is 23.6 Å². The number of hydrogen-bond donors (Lipinski definition) is 1. The average Bonchev–Trinajstić information content (AvgIpc) is 3.01. The number of benzene rings is 1. The fraction of sp³-hybridized carbons (Fsp3) is 0.318. The number of hydrogen-bond acceptors (Lipinski definition) is 4. The van der Waals surface area contributed by atoms with Gasteiger partial charge in [-0.25, -0.2) is 9.78 Å². The maximum Gasteiger partial charge on any atom is 0.333 e. The zero-order valence-electron chi connectivity index (χ0n) is 17.0. The van der Waals surface area contributed by atoms with E-state index >= 15 is 0 Å². The Hall–Kier alpha value is -2.08. The summed E-state index contributed by atoms with van der Waals surface area (Å²) in [5, 5.41) is 11.0. The van der Waals surface area contributed by atoms with Crippen LogP contribution < -0.4 is 0 Å². The van der Waals surface area contributed by atoms with E-state index in [0.717, 1.165) is 17.0 Å². The first-order chi connectivity index (χ1) is 14.1. The number of aliphatic imine (C=N–C) groups is 1. The lowest BCUT2D eigenvalue weighted by molar-refractivity contribution is -0.132. The molecule has 0 saturated carbocycles. The molecule has 0 amide bonds. The minimum Gasteiger partial charge on any atom is -0.478 e. The van der Waals surface area contributed by atoms with E-state index in [4.69, 9.17) is 39.8 Å². The summed E-state index contributed by atoms with van der Waals surface area (Å²) in [7, 11) is 0. The highest BCUT2D eigenvalue weighted by molar-refractivity contribution is 6.42. The summed E-state index contributed by atoms with van der Waals surface area (Å²) in [5.41, 5.74) is 2.72. The minimum atomic E-state index is -0.962. The van der Waals surface area contributed by atoms with Gasteiger partial charge in [0, 0.05) is 11.9 Å². The number of halogens is 3. The lowest BCUT2D eigenvalue weighted by Crippen LogP contribution is -2.33. The van der Waals surface area contributed by atoms with Crippen molar-refractivity contribution in [1.82, 2.24) is 9.88 Å². The number of allylic oxidation sites excluding steroid dienone is 1. The molecule has 5 nitrogen and oxygen atoms in total. The van der Waals surface area contributed by atoms with Gasteiger partial charge in [-0.05, 0) is 49.1 Å². The summed E-state index contributed by atoms with van der Waals surface area (Å²) in [4.78, 5) is 22.9. The first-order valence-corrected chi connectivity index (χ1v) is 10.6. The third-order valence-electron chi connectivity index (χ3n) is 5.14. The van der Waals surface area contributed by atoms with Crippen molar-refractivity contribution in [3.8, 4) is 0 Å². The van der Waals surface area contributed by atoms with Crippen molar-refractivity contribution < 1.29 is 9.90 Å². The van der Waals surface area contributed by atoms with Crippen LogP contribution in [0.25, 0.3) is 0 Å². The molecule has 1 aliphatic heterocycles. The Morgan fingerprint density at radius 1 is 1.10 bits per heavy atom. The molecule has 3 rings (SSSR count). The van der Waals surface area contributed by atoms with Crippen LogP contribution in [-0.2, 0) is 4.79 Å². The van der Waals surface area contributed by atoms with Crippen LogP contribution in [0.5, 0.6) is 0 Å². The van der Waals surface area contributed by atoms with Crippen LogP contribution in [0.15, 0.2) is 52.8 Å². The smallest absolute Gasteiger partial charge is 0.333 e. The van der Waals surface area contributed by atoms with Gasteiger partial charge in [-0.2, -0.15) is 0 Å². The topological polar surface area (TPSA) is 65.8 Å². The third-order valence-corrected chi connectivity index (χ3v) is 6.10. The highest BCUT2D eigenvalue weighted by Crippen LogP contribution is 2.46. The zero-order valence-corrected chi connectivity index (χ0v) is 19.3. The first-order valence-electron chi connectivity index (χ1n) is 9.46. The van der Waals surface area contributed by atoms with E-state index in [1.807, 2.05) is 37.8 Å². The lowest BCUT2D eigenvalue weighted by atomic mass is 9.92. The Balaban J connectivity index is 2.23. The standard InChI is InChI=1S/C22H22Cl3N3O2/c1-11(2)20(12(3)22(29)30)28-13(4)27-19(15-6-8-18(25)26-10-15)21(28)14-5-7-16(23)17(24)9-14/h5-11,19,21H,1-4H3,(H,29,30)/b20-12+. The quantitative estimate of drug-likeness (QED) is 0.399. The molecule has 1 aromatic heterocycles. The molecule has 0 radical (unpaired) electrons. The highest BCUT2D eigenvalue weighted by Gasteiger charge is 2.40. The van der Waals surface area contributed by atoms with Gasteiger partial charge in [0.1, 0.15) is 17.0 Å². The van der Waals surface area contributed by atoms with Crippen molar-refractivity contribution in [2.75, 3.05) is 0 Å². The van der Waals surface area contributed by atoms with Gasteiger partial charge in [0.05, 0.1) is 21.7 Å². The van der Waals surface area contributed by atoms with E-state index in [1.54, 1.807) is 31.3 Å². The van der Waals surface area contributed by atoms with Crippen molar-refractivity contribution in [3.63, 3.8) is 0 Å². The van der Waals surface area contributed by atoms with E-state index in [0.29, 0.717) is 20.9 Å². The Kier molecular flexibility index (Phi) is 6.75. The van der Waals surface area contributed by atoms with E-state index in [1.165, 1.54) is 0 Å². The van der Waals surface area contributed by atoms with E-state index in [9.17, 15) is 9.90 Å². The summed E-state index contributed by atoms with van der Waals surface area (Å²) in [5.74, 6) is -0.287. The average molecular weight is 467 g/mol. The van der Waals surface area contributed by atoms with Gasteiger partial charge < -0.3 is 10.0 Å². The molecule has 158 valence electrons. The van der Waals surface area contributed by atoms with Gasteiger partial charge in [0.2, 0.25) is 0 Å². The molecule has 30 heavy (non-hydrogen) atoms. The normalized spacial score (nSPS) is 19.7. The maximum absolute atomic E-state index is 11.9. The van der Waals surface area contributed by atoms with Crippen molar-refractivity contribution in [2.45, 2.75) is 39.8 Å². The van der Waals surface area contributed by atoms with Crippen LogP contribution in [0.4, 0.5) is 0 Å². The van der Waals surface area contributed by atoms with Gasteiger partial charge in [-0.15, -0.1) is 0 Å². The molecule has 2 heterocycles. The number of amidine groups is 1. The Labute approximate surface area is 191 Å². The number of carbonyl (C=O) groups is 1. The first kappa shape index (κ1) is 22.6. The lowest BCUT2D eigenvalue weighted by Gasteiger charge is -2.35. The molecule has 2 aromatic rings. The summed E-state index contributed by atoms with van der Waals surface area (Å²) in [6.07, 6.45) is 1.70. The van der Waals surface area contributed by atoms with Crippen LogP contribution in [0, 0.1) is 5.92 Å². The largest absolute Gasteiger partial charge is 0.478 e. The van der Waals surface area contributed by atoms with Crippen molar-refractivity contribution in [2.24, 2.45) is 10.9 Å². The summed E-state index contributed by atoms with van der Waals surface area (Å²) >= 11 is 18.4. The van der Waals surface area contributed by atoms with Crippen LogP contribution in [0.3, 0.4) is 0 Å². The molecule has 1 aliphatic rings. The molecule has 0 saturated heterocycles. The molecular weight excluding hydrogens is 445 g/mol. The van der Waals surface area contributed by atoms with Gasteiger partial charge in [-0.3, -0.25) is 4.99 Å². The zero-order chi connectivity index (χ0) is 22.2. The molecule has 8 heteroatoms. The summed E-state index contributed by atoms with van der Waals surface area (Å²) < 4.78 is 0. The molecule has 0 bridgehead atoms. The molecule has 1 aromatic carbocycles. The molecule has 0 fully saturated rings. The van der Waals surface area contributed by atoms with Gasteiger partial charge in [0.25, 0.3) is 0 Å². The molecule has 0 aliphatic carbocycles. The number of carboxylic acid groups (broad SMARTS) is 1. The second-order valence-corrected chi connectivity index (χ2v) is 8.70. The number of aliphatic carboxylic acids is 1. The maximum atomic E-state index is 11.9. The molecule has 2 unspecified atom stereocenters. The third kappa shape index (κ3) is 4.34. The highest BCUT2D eigenvalue weighted by atomic mass is 35.5. The van der Waals surface area contributed by atoms with Crippen molar-refractivity contribution in [3.05, 3.63) is 74.1 Å². The predicted octanol–water partition coefficient (Wildman–Crippen LogP) is 6.57. The fourth-order valence-electron chi connectivity index (χ4n) is 3.85. The number of carboxylic acids is 1. The molecule has 1 N–H and O–H groups in total. The minimum absolute atomic E-state index is 0.0429. The number of rotatable bonds is 5. The number of aromatic nitrogens is 1. The fourth-order valence-corrected chi connectivity index (χ4v) is 4.27. The summed E-state index contributed by atoms with van der Waals surface area (Å²) in [6.45, 7) is 7.44.